The summed E-state index contributed by atoms with van der Waals surface area (Å²) in [6.07, 6.45) is 4.00. The van der Waals surface area contributed by atoms with E-state index in [1.165, 1.54) is 14.2 Å². The molecule has 0 aliphatic carbocycles. The molecule has 0 unspecified atom stereocenters. The van der Waals surface area contributed by atoms with Crippen molar-refractivity contribution in [1.29, 1.82) is 0 Å². The molecule has 0 atom stereocenters. The maximum atomic E-state index is 12.2. The maximum absolute atomic E-state index is 12.2. The van der Waals surface area contributed by atoms with Crippen LogP contribution in [0.4, 0.5) is 5.69 Å². The Bertz CT molecular complexity index is 1600. The molecule has 1 aliphatic heterocycles. The second-order valence-corrected chi connectivity index (χ2v) is 10.2. The van der Waals surface area contributed by atoms with Gasteiger partial charge in [0.05, 0.1) is 39.6 Å². The highest BCUT2D eigenvalue weighted by atomic mass is 16.5. The fraction of sp³-hybridized carbons (Fsp3) is 0.294. The van der Waals surface area contributed by atoms with Gasteiger partial charge in [-0.1, -0.05) is 38.1 Å². The lowest BCUT2D eigenvalue weighted by atomic mass is 9.97. The molecule has 232 valence electrons. The van der Waals surface area contributed by atoms with Gasteiger partial charge >= 0.3 is 11.9 Å². The molecule has 3 aromatic carbocycles. The van der Waals surface area contributed by atoms with Gasteiger partial charge in [-0.2, -0.15) is 0 Å². The Morgan fingerprint density at radius 1 is 0.909 bits per heavy atom. The monoisotopic (exact) mass is 602 g/mol. The van der Waals surface area contributed by atoms with Crippen LogP contribution in [0.15, 0.2) is 66.9 Å². The van der Waals surface area contributed by atoms with Crippen molar-refractivity contribution >= 4 is 23.2 Å². The lowest BCUT2D eigenvalue weighted by Gasteiger charge is -2.31. The first-order chi connectivity index (χ1) is 21.2. The highest BCUT2D eigenvalue weighted by molar-refractivity contribution is 5.99. The maximum Gasteiger partial charge on any atom is 0.336 e. The topological polar surface area (TPSA) is 118 Å². The minimum Gasteiger partial charge on any atom is -0.496 e. The Balaban J connectivity index is 1.90. The van der Waals surface area contributed by atoms with Gasteiger partial charge < -0.3 is 29.2 Å². The second-order valence-electron chi connectivity index (χ2n) is 10.2. The van der Waals surface area contributed by atoms with E-state index < -0.39 is 11.9 Å². The Morgan fingerprint density at radius 2 is 1.61 bits per heavy atom. The zero-order valence-electron chi connectivity index (χ0n) is 25.7. The predicted molar refractivity (Wildman–Crippen MR) is 169 cm³/mol. The molecular formula is C34H38N2O8. The third-order valence-corrected chi connectivity index (χ3v) is 7.53. The number of nitrogens with zero attached hydrogens (tertiary/aromatic N) is 2. The van der Waals surface area contributed by atoms with E-state index in [1.54, 1.807) is 38.5 Å². The van der Waals surface area contributed by atoms with Gasteiger partial charge in [-0.3, -0.25) is 5.01 Å². The van der Waals surface area contributed by atoms with E-state index in [9.17, 15) is 19.8 Å². The summed E-state index contributed by atoms with van der Waals surface area (Å²) in [6, 6.07) is 14.2. The quantitative estimate of drug-likeness (QED) is 0.208. The van der Waals surface area contributed by atoms with Crippen molar-refractivity contribution < 1.29 is 38.7 Å². The molecule has 10 nitrogen and oxygen atoms in total. The molecule has 10 heteroatoms. The first kappa shape index (κ1) is 32.0. The van der Waals surface area contributed by atoms with Gasteiger partial charge in [0.2, 0.25) is 0 Å². The summed E-state index contributed by atoms with van der Waals surface area (Å²) in [4.78, 5) is 23.8. The van der Waals surface area contributed by atoms with Gasteiger partial charge in [0.15, 0.2) is 17.2 Å². The Morgan fingerprint density at radius 3 is 2.23 bits per heavy atom. The van der Waals surface area contributed by atoms with Crippen molar-refractivity contribution in [3.05, 3.63) is 83.6 Å². The molecule has 0 fully saturated rings. The lowest BCUT2D eigenvalue weighted by molar-refractivity contribution is -0.132. The van der Waals surface area contributed by atoms with Gasteiger partial charge in [0, 0.05) is 42.4 Å². The summed E-state index contributed by atoms with van der Waals surface area (Å²) in [5.41, 5.74) is 4.30. The number of hydrazine groups is 1. The summed E-state index contributed by atoms with van der Waals surface area (Å²) in [5, 5.41) is 23.6. The number of anilines is 1. The number of hydrogen-bond acceptors (Lipinski definition) is 8. The zero-order valence-corrected chi connectivity index (χ0v) is 25.7. The molecule has 0 saturated heterocycles. The Kier molecular flexibility index (Phi) is 10.2. The molecule has 0 saturated carbocycles. The van der Waals surface area contributed by atoms with E-state index in [4.69, 9.17) is 18.9 Å². The van der Waals surface area contributed by atoms with E-state index in [0.717, 1.165) is 30.5 Å². The number of aromatic carboxylic acids is 1. The zero-order chi connectivity index (χ0) is 32.0. The number of hydrogen-bond donors (Lipinski definition) is 2. The van der Waals surface area contributed by atoms with Crippen LogP contribution in [0.1, 0.15) is 41.3 Å². The average Bonchev–Trinajstić information content (AvgIpc) is 3.46. The molecule has 2 N–H and O–H groups in total. The van der Waals surface area contributed by atoms with Crippen LogP contribution in [-0.2, 0) is 11.2 Å². The molecule has 0 amide bonds. The first-order valence-corrected chi connectivity index (χ1v) is 14.2. The van der Waals surface area contributed by atoms with Crippen molar-refractivity contribution in [1.82, 2.24) is 5.01 Å². The molecule has 44 heavy (non-hydrogen) atoms. The minimum absolute atomic E-state index is 0.0336. The minimum atomic E-state index is -1.08. The van der Waals surface area contributed by atoms with Crippen LogP contribution in [0.3, 0.4) is 0 Å². The third kappa shape index (κ3) is 6.35. The van der Waals surface area contributed by atoms with Crippen LogP contribution in [0.25, 0.3) is 16.7 Å². The fourth-order valence-corrected chi connectivity index (χ4v) is 5.38. The number of carboxylic acid groups (broad SMARTS) is 2. The third-order valence-electron chi connectivity index (χ3n) is 7.53. The van der Waals surface area contributed by atoms with Crippen LogP contribution in [-0.4, -0.2) is 68.7 Å². The van der Waals surface area contributed by atoms with Crippen LogP contribution in [0.2, 0.25) is 0 Å². The van der Waals surface area contributed by atoms with E-state index in [0.29, 0.717) is 51.9 Å². The molecular weight excluding hydrogens is 564 g/mol. The number of rotatable bonds is 14. The van der Waals surface area contributed by atoms with Crippen molar-refractivity contribution in [3.63, 3.8) is 0 Å². The number of ether oxygens (including phenoxy) is 4. The lowest BCUT2D eigenvalue weighted by Crippen LogP contribution is -2.36. The van der Waals surface area contributed by atoms with E-state index in [1.807, 2.05) is 35.5 Å². The Hall–Kier alpha value is -4.96. The second kappa shape index (κ2) is 14.0. The smallest absolute Gasteiger partial charge is 0.336 e. The Labute approximate surface area is 257 Å². The van der Waals surface area contributed by atoms with Gasteiger partial charge in [-0.25, -0.2) is 14.6 Å². The highest BCUT2D eigenvalue weighted by Crippen LogP contribution is 2.48. The number of unbranched alkanes of at least 4 members (excludes halogenated alkanes) is 1. The molecule has 1 aliphatic rings. The summed E-state index contributed by atoms with van der Waals surface area (Å²) in [5.74, 6) is -0.269. The van der Waals surface area contributed by atoms with E-state index in [2.05, 4.69) is 18.5 Å². The number of benzene rings is 3. The van der Waals surface area contributed by atoms with Crippen LogP contribution >= 0.6 is 0 Å². The fourth-order valence-electron chi connectivity index (χ4n) is 5.38. The molecule has 0 radical (unpaired) electrons. The molecule has 1 heterocycles. The molecule has 0 bridgehead atoms. The van der Waals surface area contributed by atoms with Crippen LogP contribution in [0.5, 0.6) is 23.0 Å². The van der Waals surface area contributed by atoms with Crippen molar-refractivity contribution in [2.24, 2.45) is 0 Å². The van der Waals surface area contributed by atoms with Crippen LogP contribution < -0.4 is 24.0 Å². The van der Waals surface area contributed by atoms with Crippen molar-refractivity contribution in [2.75, 3.05) is 46.5 Å². The number of carbonyl (C=O) groups is 2. The summed E-state index contributed by atoms with van der Waals surface area (Å²) >= 11 is 0. The molecule has 3 aromatic rings. The summed E-state index contributed by atoms with van der Waals surface area (Å²) in [7, 11) is 6.15. The predicted octanol–water partition coefficient (Wildman–Crippen LogP) is 6.15. The van der Waals surface area contributed by atoms with Gasteiger partial charge in [-0.05, 0) is 47.9 Å². The number of aliphatic carboxylic acids is 1. The summed E-state index contributed by atoms with van der Waals surface area (Å²) in [6.45, 7) is 7.11. The average molecular weight is 603 g/mol. The standard InChI is InChI=1S/C34H38N2O8/c1-7-8-15-35-19-24(22-17-23(16-21(2)33(37)38)31(43-5)29(18-22)42-4)20-36(35)27-13-14-28(41-3)30(32(27)44-6)25-11-9-10-12-26(25)34(39)40/h9-14,17-18,20H,2,7-8,15-16,19H2,1,3-6H3,(H,37,38)(H,39,40). The number of methoxy groups -OCH3 is 4. The largest absolute Gasteiger partial charge is 0.496 e. The van der Waals surface area contributed by atoms with Crippen molar-refractivity contribution in [2.45, 2.75) is 26.2 Å². The number of carboxylic acids is 2. The van der Waals surface area contributed by atoms with Crippen molar-refractivity contribution in [3.8, 4) is 34.1 Å². The molecule has 0 aromatic heterocycles. The van der Waals surface area contributed by atoms with Crippen LogP contribution in [0, 0.1) is 0 Å². The molecule has 4 rings (SSSR count). The first-order valence-electron chi connectivity index (χ1n) is 14.2. The van der Waals surface area contributed by atoms with Gasteiger partial charge in [0.1, 0.15) is 11.4 Å². The van der Waals surface area contributed by atoms with E-state index in [-0.39, 0.29) is 17.6 Å². The van der Waals surface area contributed by atoms with E-state index >= 15 is 0 Å². The summed E-state index contributed by atoms with van der Waals surface area (Å²) < 4.78 is 22.9. The highest BCUT2D eigenvalue weighted by Gasteiger charge is 2.30. The normalized spacial score (nSPS) is 12.9. The van der Waals surface area contributed by atoms with Gasteiger partial charge in [-0.15, -0.1) is 0 Å². The van der Waals surface area contributed by atoms with Gasteiger partial charge in [0.25, 0.3) is 0 Å². The molecule has 0 spiro atoms. The SMILES string of the molecule is C=C(Cc1cc(C2=CN(c3ccc(OC)c(-c4ccccc4C(=O)O)c3OC)N(CCCC)C2)cc(OC)c1OC)C(=O)O.